The Hall–Kier alpha value is -0.610. The molecule has 0 saturated heterocycles. The van der Waals surface area contributed by atoms with Gasteiger partial charge in [0, 0.05) is 0 Å². The summed E-state index contributed by atoms with van der Waals surface area (Å²) in [6.07, 6.45) is 0.715. The fourth-order valence-corrected chi connectivity index (χ4v) is 0.877. The molecule has 4 nitrogen and oxygen atoms in total. The Morgan fingerprint density at radius 1 is 1.54 bits per heavy atom. The van der Waals surface area contributed by atoms with Crippen LogP contribution in [0.2, 0.25) is 0 Å². The highest BCUT2D eigenvalue weighted by Gasteiger charge is 2.19. The maximum Gasteiger partial charge on any atom is 0.237 e. The van der Waals surface area contributed by atoms with Gasteiger partial charge in [-0.05, 0) is 12.3 Å². The van der Waals surface area contributed by atoms with Crippen molar-refractivity contribution in [3.05, 3.63) is 0 Å². The number of carbonyl (C=O) groups excluding carboxylic acids is 1. The number of aliphatic hydroxyl groups excluding tert-OH is 1. The van der Waals surface area contributed by atoms with Crippen molar-refractivity contribution in [2.24, 2.45) is 11.7 Å². The quantitative estimate of drug-likeness (QED) is 0.562. The van der Waals surface area contributed by atoms with Crippen LogP contribution in [0.25, 0.3) is 0 Å². The smallest absolute Gasteiger partial charge is 0.237 e. The lowest BCUT2D eigenvalue weighted by atomic mass is 10.0. The molecule has 1 amide bonds. The first-order valence-electron chi connectivity index (χ1n) is 4.69. The fraction of sp³-hybridized carbons (Fsp3) is 0.889. The Bertz CT molecular complexity index is 156. The molecular formula is C9H20N2O2. The van der Waals surface area contributed by atoms with Crippen molar-refractivity contribution in [3.63, 3.8) is 0 Å². The number of aliphatic hydroxyl groups is 1. The highest BCUT2D eigenvalue weighted by molar-refractivity contribution is 5.81. The largest absolute Gasteiger partial charge is 0.394 e. The van der Waals surface area contributed by atoms with E-state index in [9.17, 15) is 4.79 Å². The van der Waals surface area contributed by atoms with Crippen LogP contribution in [0.15, 0.2) is 0 Å². The topological polar surface area (TPSA) is 75.3 Å². The standard InChI is InChI=1S/C9H20N2O2/c1-4-7(5-12)11-9(13)8(10)6(2)3/h6-8,12H,4-5,10H2,1-3H3,(H,11,13)/t7-,8-/m1/s1. The fourth-order valence-electron chi connectivity index (χ4n) is 0.877. The number of carbonyl (C=O) groups is 1. The summed E-state index contributed by atoms with van der Waals surface area (Å²) < 4.78 is 0. The minimum atomic E-state index is -0.486. The van der Waals surface area contributed by atoms with Gasteiger partial charge in [0.2, 0.25) is 5.91 Å². The van der Waals surface area contributed by atoms with Crippen LogP contribution in [0, 0.1) is 5.92 Å². The Balaban J connectivity index is 3.98. The predicted octanol–water partition coefficient (Wildman–Crippen LogP) is -0.143. The van der Waals surface area contributed by atoms with E-state index >= 15 is 0 Å². The zero-order valence-corrected chi connectivity index (χ0v) is 8.58. The van der Waals surface area contributed by atoms with E-state index in [1.807, 2.05) is 20.8 Å². The van der Waals surface area contributed by atoms with E-state index in [2.05, 4.69) is 5.32 Å². The van der Waals surface area contributed by atoms with Crippen LogP contribution in [-0.2, 0) is 4.79 Å². The van der Waals surface area contributed by atoms with E-state index in [4.69, 9.17) is 10.8 Å². The van der Waals surface area contributed by atoms with E-state index in [0.29, 0.717) is 6.42 Å². The molecule has 0 unspecified atom stereocenters. The third-order valence-corrected chi connectivity index (χ3v) is 2.08. The summed E-state index contributed by atoms with van der Waals surface area (Å²) in [6, 6.07) is -0.655. The summed E-state index contributed by atoms with van der Waals surface area (Å²) in [5, 5.41) is 11.5. The Morgan fingerprint density at radius 2 is 2.08 bits per heavy atom. The van der Waals surface area contributed by atoms with Crippen molar-refractivity contribution in [3.8, 4) is 0 Å². The second-order valence-corrected chi connectivity index (χ2v) is 3.57. The third kappa shape index (κ3) is 4.24. The Morgan fingerprint density at radius 3 is 2.38 bits per heavy atom. The van der Waals surface area contributed by atoms with Gasteiger partial charge in [0.05, 0.1) is 18.7 Å². The van der Waals surface area contributed by atoms with E-state index in [0.717, 1.165) is 0 Å². The van der Waals surface area contributed by atoms with E-state index in [1.165, 1.54) is 0 Å². The van der Waals surface area contributed by atoms with Crippen LogP contribution in [0.3, 0.4) is 0 Å². The van der Waals surface area contributed by atoms with Crippen LogP contribution in [0.4, 0.5) is 0 Å². The molecule has 0 fully saturated rings. The van der Waals surface area contributed by atoms with E-state index in [1.54, 1.807) is 0 Å². The molecule has 0 bridgehead atoms. The van der Waals surface area contributed by atoms with Crippen molar-refractivity contribution >= 4 is 5.91 Å². The highest BCUT2D eigenvalue weighted by atomic mass is 16.3. The van der Waals surface area contributed by atoms with Gasteiger partial charge in [-0.3, -0.25) is 4.79 Å². The molecule has 4 heteroatoms. The summed E-state index contributed by atoms with van der Waals surface area (Å²) in [5.74, 6) is -0.0629. The van der Waals surface area contributed by atoms with E-state index < -0.39 is 6.04 Å². The number of amides is 1. The first kappa shape index (κ1) is 12.4. The molecule has 4 N–H and O–H groups in total. The lowest BCUT2D eigenvalue weighted by Gasteiger charge is -2.19. The van der Waals surface area contributed by atoms with Crippen LogP contribution in [0.5, 0.6) is 0 Å². The van der Waals surface area contributed by atoms with Gasteiger partial charge in [-0.1, -0.05) is 20.8 Å². The van der Waals surface area contributed by atoms with Gasteiger partial charge in [-0.25, -0.2) is 0 Å². The number of nitrogens with one attached hydrogen (secondary N) is 1. The molecule has 78 valence electrons. The second-order valence-electron chi connectivity index (χ2n) is 3.57. The average Bonchev–Trinajstić information content (AvgIpc) is 2.12. The van der Waals surface area contributed by atoms with Crippen LogP contribution in [0.1, 0.15) is 27.2 Å². The molecule has 0 aliphatic rings. The summed E-state index contributed by atoms with van der Waals surface area (Å²) in [5.41, 5.74) is 5.62. The molecule has 0 aliphatic heterocycles. The maximum absolute atomic E-state index is 11.4. The Kier molecular flexibility index (Phi) is 5.66. The lowest BCUT2D eigenvalue weighted by Crippen LogP contribution is -2.48. The summed E-state index contributed by atoms with van der Waals surface area (Å²) >= 11 is 0. The van der Waals surface area contributed by atoms with Crippen molar-refractivity contribution in [2.45, 2.75) is 39.3 Å². The molecule has 0 aromatic heterocycles. The molecule has 0 aromatic carbocycles. The number of hydrogen-bond acceptors (Lipinski definition) is 3. The van der Waals surface area contributed by atoms with Crippen molar-refractivity contribution < 1.29 is 9.90 Å². The van der Waals surface area contributed by atoms with Crippen LogP contribution in [-0.4, -0.2) is 29.7 Å². The van der Waals surface area contributed by atoms with Crippen LogP contribution >= 0.6 is 0 Å². The minimum Gasteiger partial charge on any atom is -0.394 e. The van der Waals surface area contributed by atoms with Crippen molar-refractivity contribution in [1.82, 2.24) is 5.32 Å². The van der Waals surface area contributed by atoms with Gasteiger partial charge in [-0.15, -0.1) is 0 Å². The first-order chi connectivity index (χ1) is 6.02. The van der Waals surface area contributed by atoms with Gasteiger partial charge < -0.3 is 16.2 Å². The lowest BCUT2D eigenvalue weighted by molar-refractivity contribution is -0.124. The SMILES string of the molecule is CC[C@H](CO)NC(=O)[C@H](N)C(C)C. The summed E-state index contributed by atoms with van der Waals surface area (Å²) in [6.45, 7) is 5.66. The second kappa shape index (κ2) is 5.94. The molecule has 0 heterocycles. The average molecular weight is 188 g/mol. The number of rotatable bonds is 5. The van der Waals surface area contributed by atoms with E-state index in [-0.39, 0.29) is 24.5 Å². The number of hydrogen-bond donors (Lipinski definition) is 3. The third-order valence-electron chi connectivity index (χ3n) is 2.08. The summed E-state index contributed by atoms with van der Waals surface area (Å²) in [7, 11) is 0. The van der Waals surface area contributed by atoms with Gasteiger partial charge in [0.25, 0.3) is 0 Å². The molecule has 2 atom stereocenters. The molecule has 0 saturated carbocycles. The molecule has 13 heavy (non-hydrogen) atoms. The zero-order valence-electron chi connectivity index (χ0n) is 8.58. The van der Waals surface area contributed by atoms with Gasteiger partial charge >= 0.3 is 0 Å². The van der Waals surface area contributed by atoms with Gasteiger partial charge in [0.15, 0.2) is 0 Å². The maximum atomic E-state index is 11.4. The predicted molar refractivity (Wildman–Crippen MR) is 52.1 cm³/mol. The molecule has 0 spiro atoms. The Labute approximate surface area is 79.5 Å². The molecule has 0 aromatic rings. The highest BCUT2D eigenvalue weighted by Crippen LogP contribution is 1.99. The number of nitrogens with two attached hydrogens (primary N) is 1. The van der Waals surface area contributed by atoms with Gasteiger partial charge in [0.1, 0.15) is 0 Å². The normalized spacial score (nSPS) is 15.5. The minimum absolute atomic E-state index is 0.0347. The zero-order chi connectivity index (χ0) is 10.4. The van der Waals surface area contributed by atoms with Crippen molar-refractivity contribution in [1.29, 1.82) is 0 Å². The van der Waals surface area contributed by atoms with Crippen LogP contribution < -0.4 is 11.1 Å². The monoisotopic (exact) mass is 188 g/mol. The van der Waals surface area contributed by atoms with Gasteiger partial charge in [-0.2, -0.15) is 0 Å². The summed E-state index contributed by atoms with van der Waals surface area (Å²) in [4.78, 5) is 11.4. The molecule has 0 radical (unpaired) electrons. The molecule has 0 aliphatic carbocycles. The first-order valence-corrected chi connectivity index (χ1v) is 4.69. The molecule has 0 rings (SSSR count). The van der Waals surface area contributed by atoms with Crippen molar-refractivity contribution in [2.75, 3.05) is 6.61 Å². The molecular weight excluding hydrogens is 168 g/mol.